The number of rotatable bonds is 13. The van der Waals surface area contributed by atoms with Gasteiger partial charge in [0.2, 0.25) is 11.8 Å². The number of fused-ring (bicyclic) bond motifs is 1. The lowest BCUT2D eigenvalue weighted by Crippen LogP contribution is -2.40. The molecule has 1 atom stereocenters. The van der Waals surface area contributed by atoms with Gasteiger partial charge in [0.15, 0.2) is 11.4 Å². The van der Waals surface area contributed by atoms with Crippen LogP contribution in [0.5, 0.6) is 11.5 Å². The van der Waals surface area contributed by atoms with Gasteiger partial charge in [-0.2, -0.15) is 5.10 Å². The molecule has 53 heavy (non-hydrogen) atoms. The van der Waals surface area contributed by atoms with Crippen molar-refractivity contribution in [3.05, 3.63) is 77.0 Å². The molecule has 276 valence electrons. The number of amides is 3. The normalized spacial score (nSPS) is 16.6. The Balaban J connectivity index is 0.805. The highest BCUT2D eigenvalue weighted by molar-refractivity contribution is 6.32. The summed E-state index contributed by atoms with van der Waals surface area (Å²) < 4.78 is 7.88. The van der Waals surface area contributed by atoms with Crippen molar-refractivity contribution in [2.75, 3.05) is 37.6 Å². The number of imidazole rings is 1. The van der Waals surface area contributed by atoms with Gasteiger partial charge in [0.05, 0.1) is 35.3 Å². The van der Waals surface area contributed by atoms with Crippen LogP contribution < -0.4 is 25.6 Å². The van der Waals surface area contributed by atoms with E-state index in [1.165, 1.54) is 6.20 Å². The van der Waals surface area contributed by atoms with E-state index in [4.69, 9.17) is 16.3 Å². The van der Waals surface area contributed by atoms with E-state index in [0.29, 0.717) is 64.4 Å². The van der Waals surface area contributed by atoms with E-state index in [1.807, 2.05) is 32.4 Å². The lowest BCUT2D eigenvalue weighted by Gasteiger charge is -2.34. The van der Waals surface area contributed by atoms with Gasteiger partial charge in [0.25, 0.3) is 5.91 Å². The zero-order valence-electron chi connectivity index (χ0n) is 29.8. The largest absolute Gasteiger partial charge is 0.453 e. The fourth-order valence-corrected chi connectivity index (χ4v) is 7.15. The number of nitrogens with one attached hydrogen (secondary N) is 4. The minimum Gasteiger partial charge on any atom is -0.453 e. The number of aromatic nitrogens is 6. The molecule has 2 aliphatic heterocycles. The van der Waals surface area contributed by atoms with Crippen LogP contribution in [0.25, 0.3) is 22.6 Å². The van der Waals surface area contributed by atoms with Crippen LogP contribution in [-0.4, -0.2) is 80.2 Å². The van der Waals surface area contributed by atoms with Gasteiger partial charge in [-0.05, 0) is 93.9 Å². The van der Waals surface area contributed by atoms with Crippen LogP contribution in [0.4, 0.5) is 5.69 Å². The summed E-state index contributed by atoms with van der Waals surface area (Å²) in [5, 5.41) is 13.8. The smallest absolute Gasteiger partial charge is 0.251 e. The number of H-pyrrole nitrogens is 1. The molecule has 14 nitrogen and oxygen atoms in total. The first-order chi connectivity index (χ1) is 25.7. The molecule has 2 saturated heterocycles. The number of aryl methyl sites for hydroxylation is 2. The van der Waals surface area contributed by atoms with Crippen LogP contribution in [0, 0.1) is 12.8 Å². The number of nitrogens with zero attached hydrogens (tertiary/aromatic N) is 6. The summed E-state index contributed by atoms with van der Waals surface area (Å²) >= 11 is 6.49. The second kappa shape index (κ2) is 16.1. The van der Waals surface area contributed by atoms with E-state index in [9.17, 15) is 14.4 Å². The summed E-state index contributed by atoms with van der Waals surface area (Å²) in [4.78, 5) is 55.6. The zero-order valence-corrected chi connectivity index (χ0v) is 30.6. The van der Waals surface area contributed by atoms with Gasteiger partial charge in [-0.15, -0.1) is 0 Å². The van der Waals surface area contributed by atoms with Crippen LogP contribution in [-0.2, 0) is 16.6 Å². The number of piperidine rings is 2. The third-order valence-electron chi connectivity index (χ3n) is 9.90. The Morgan fingerprint density at radius 1 is 1.06 bits per heavy atom. The number of ether oxygens (including phenoxy) is 1. The minimum atomic E-state index is -0.325. The van der Waals surface area contributed by atoms with Crippen molar-refractivity contribution in [3.8, 4) is 22.9 Å². The van der Waals surface area contributed by atoms with Crippen molar-refractivity contribution in [1.82, 2.24) is 45.7 Å². The molecule has 5 aromatic rings. The molecule has 4 N–H and O–H groups in total. The van der Waals surface area contributed by atoms with Crippen molar-refractivity contribution in [1.29, 1.82) is 0 Å². The Hall–Kier alpha value is -5.34. The van der Waals surface area contributed by atoms with Gasteiger partial charge < -0.3 is 25.3 Å². The maximum atomic E-state index is 12.8. The Bertz CT molecular complexity index is 2110. The molecule has 0 bridgehead atoms. The van der Waals surface area contributed by atoms with Gasteiger partial charge in [-0.3, -0.25) is 29.4 Å². The zero-order chi connectivity index (χ0) is 36.9. The number of carbonyl (C=O) groups excluding carboxylic acids is 3. The molecule has 6 heterocycles. The number of aromatic amines is 1. The number of pyridine rings is 2. The van der Waals surface area contributed by atoms with Crippen LogP contribution in [0.3, 0.4) is 0 Å². The predicted molar refractivity (Wildman–Crippen MR) is 201 cm³/mol. The molecule has 1 aromatic carbocycles. The number of unbranched alkanes of at least 4 members (excludes halogenated alkanes) is 1. The van der Waals surface area contributed by atoms with Gasteiger partial charge in [-0.1, -0.05) is 11.6 Å². The Morgan fingerprint density at radius 3 is 2.60 bits per heavy atom. The molecule has 3 amide bonds. The van der Waals surface area contributed by atoms with E-state index in [2.05, 4.69) is 45.9 Å². The lowest BCUT2D eigenvalue weighted by atomic mass is 9.91. The molecule has 0 radical (unpaired) electrons. The summed E-state index contributed by atoms with van der Waals surface area (Å²) in [6.45, 7) is 6.23. The van der Waals surface area contributed by atoms with Gasteiger partial charge >= 0.3 is 0 Å². The summed E-state index contributed by atoms with van der Waals surface area (Å²) in [7, 11) is 1.86. The number of imide groups is 1. The van der Waals surface area contributed by atoms with E-state index >= 15 is 0 Å². The number of hydrogen-bond acceptors (Lipinski definition) is 10. The molecule has 0 spiro atoms. The van der Waals surface area contributed by atoms with Crippen LogP contribution in [0.15, 0.2) is 55.1 Å². The fraction of sp³-hybridized carbons (Fsp3) is 0.395. The van der Waals surface area contributed by atoms with Crippen LogP contribution in [0.2, 0.25) is 5.02 Å². The van der Waals surface area contributed by atoms with Crippen molar-refractivity contribution >= 4 is 46.2 Å². The Kier molecular flexibility index (Phi) is 11.0. The number of benzene rings is 1. The van der Waals surface area contributed by atoms with Gasteiger partial charge in [-0.25, -0.2) is 9.97 Å². The third-order valence-corrected chi connectivity index (χ3v) is 10.2. The van der Waals surface area contributed by atoms with E-state index in [1.54, 1.807) is 35.1 Å². The second-order valence-electron chi connectivity index (χ2n) is 13.7. The maximum Gasteiger partial charge on any atom is 0.251 e. The summed E-state index contributed by atoms with van der Waals surface area (Å²) in [6.07, 6.45) is 11.9. The summed E-state index contributed by atoms with van der Waals surface area (Å²) in [5.41, 5.74) is 5.18. The molecular formula is C38H43ClN10O4. The summed E-state index contributed by atoms with van der Waals surface area (Å²) in [5.74, 6) is 1.24. The Morgan fingerprint density at radius 2 is 1.85 bits per heavy atom. The highest BCUT2D eigenvalue weighted by atomic mass is 35.5. The first-order valence-electron chi connectivity index (χ1n) is 18.1. The quantitative estimate of drug-likeness (QED) is 0.0947. The standard InChI is InChI=1S/C38H43ClN10O4/c1-23-30(22-48(2)47-23)35-45-33-34(31(39)21-43-36(33)46-35)53-28-7-5-25(6-8-28)37(51)42-14-4-3-13-40-18-24-11-15-49(16-12-24)27-17-26(19-41-20-27)29-9-10-32(50)44-38(29)52/h5-8,17,19-22,24,29,40H,3-4,9-16,18H2,1-2H3,(H,42,51)(H,43,45,46)(H,44,50,52)/t29-/m0/s1. The highest BCUT2D eigenvalue weighted by Gasteiger charge is 2.29. The molecule has 2 aliphatic rings. The van der Waals surface area contributed by atoms with Crippen LogP contribution >= 0.6 is 11.6 Å². The van der Waals surface area contributed by atoms with Gasteiger partial charge in [0.1, 0.15) is 22.1 Å². The third kappa shape index (κ3) is 8.50. The molecule has 2 fully saturated rings. The highest BCUT2D eigenvalue weighted by Crippen LogP contribution is 2.36. The van der Waals surface area contributed by atoms with Crippen molar-refractivity contribution < 1.29 is 19.1 Å². The number of anilines is 1. The van der Waals surface area contributed by atoms with E-state index in [-0.39, 0.29) is 23.6 Å². The van der Waals surface area contributed by atoms with Gasteiger partial charge in [0, 0.05) is 51.1 Å². The average molecular weight is 739 g/mol. The van der Waals surface area contributed by atoms with Crippen molar-refractivity contribution in [2.24, 2.45) is 13.0 Å². The van der Waals surface area contributed by atoms with Crippen molar-refractivity contribution in [3.63, 3.8) is 0 Å². The maximum absolute atomic E-state index is 12.8. The number of hydrogen-bond donors (Lipinski definition) is 4. The Labute approximate surface area is 312 Å². The number of carbonyl (C=O) groups is 3. The first-order valence-corrected chi connectivity index (χ1v) is 18.4. The first kappa shape index (κ1) is 36.0. The molecule has 0 saturated carbocycles. The van der Waals surface area contributed by atoms with E-state index < -0.39 is 0 Å². The fourth-order valence-electron chi connectivity index (χ4n) is 6.96. The second-order valence-corrected chi connectivity index (χ2v) is 14.1. The average Bonchev–Trinajstić information content (AvgIpc) is 3.74. The molecule has 7 rings (SSSR count). The number of halogens is 1. The van der Waals surface area contributed by atoms with Crippen molar-refractivity contribution in [2.45, 2.75) is 51.4 Å². The lowest BCUT2D eigenvalue weighted by molar-refractivity contribution is -0.134. The molecule has 15 heteroatoms. The molecular weight excluding hydrogens is 696 g/mol. The van der Waals surface area contributed by atoms with E-state index in [0.717, 1.165) is 74.4 Å². The monoisotopic (exact) mass is 738 g/mol. The molecule has 0 aliphatic carbocycles. The van der Waals surface area contributed by atoms with Crippen LogP contribution in [0.1, 0.15) is 66.1 Å². The predicted octanol–water partition coefficient (Wildman–Crippen LogP) is 5.04. The summed E-state index contributed by atoms with van der Waals surface area (Å²) in [6, 6.07) is 8.99. The minimum absolute atomic E-state index is 0.136. The topological polar surface area (TPSA) is 172 Å². The SMILES string of the molecule is Cc1nn(C)cc1-c1nc2ncc(Cl)c(Oc3ccc(C(=O)NCCCCNCC4CCN(c5cncc([C@@H]6CCC(=O)NC6=O)c5)CC4)cc3)c2[nH]1. The molecule has 4 aromatic heterocycles. The molecule has 0 unspecified atom stereocenters.